The quantitative estimate of drug-likeness (QED) is 0.859. The van der Waals surface area contributed by atoms with Gasteiger partial charge in [0, 0.05) is 0 Å². The minimum Gasteiger partial charge on any atom is -0.481 e. The van der Waals surface area contributed by atoms with Crippen LogP contribution in [0.25, 0.3) is 0 Å². The van der Waals surface area contributed by atoms with Gasteiger partial charge in [0.2, 0.25) is 0 Å². The van der Waals surface area contributed by atoms with Crippen molar-refractivity contribution in [2.24, 2.45) is 0 Å². The molecule has 8 heteroatoms. The normalized spacial score (nSPS) is 11.8. The summed E-state index contributed by atoms with van der Waals surface area (Å²) < 4.78 is 37.4. The van der Waals surface area contributed by atoms with Gasteiger partial charge in [0.15, 0.2) is 0 Å². The number of hydrogen-bond acceptors (Lipinski definition) is 3. The molecule has 0 radical (unpaired) electrons. The average Bonchev–Trinajstić information content (AvgIpc) is 2.47. The minimum absolute atomic E-state index is 0.101. The monoisotopic (exact) mass is 251 g/mol. The zero-order valence-corrected chi connectivity index (χ0v) is 9.16. The number of rotatable bonds is 5. The molecule has 0 unspecified atom stereocenters. The van der Waals surface area contributed by atoms with E-state index in [1.165, 1.54) is 0 Å². The molecule has 5 nitrogen and oxygen atoms in total. The zero-order chi connectivity index (χ0) is 13.1. The molecule has 1 N–H and O–H groups in total. The lowest BCUT2D eigenvalue weighted by atomic mass is 10.1. The third-order valence-corrected chi connectivity index (χ3v) is 2.05. The fraction of sp³-hybridized carbons (Fsp3) is 0.667. The van der Waals surface area contributed by atoms with Crippen LogP contribution in [0.3, 0.4) is 0 Å². The van der Waals surface area contributed by atoms with E-state index in [4.69, 9.17) is 5.11 Å². The van der Waals surface area contributed by atoms with Crippen molar-refractivity contribution in [3.63, 3.8) is 0 Å². The molecule has 1 heterocycles. The summed E-state index contributed by atoms with van der Waals surface area (Å²) in [6, 6.07) is 0. The highest BCUT2D eigenvalue weighted by atomic mass is 19.4. The standard InChI is InChI=1S/C9H12F3N3O2/c1-2-3-7-6(4-8(16)17)13-14-15(7)5-9(10,11)12/h2-5H2,1H3,(H,16,17). The lowest BCUT2D eigenvalue weighted by molar-refractivity contribution is -0.143. The predicted molar refractivity (Wildman–Crippen MR) is 51.4 cm³/mol. The molecule has 1 aromatic heterocycles. The van der Waals surface area contributed by atoms with E-state index in [0.717, 1.165) is 4.68 Å². The molecule has 1 rings (SSSR count). The largest absolute Gasteiger partial charge is 0.481 e. The van der Waals surface area contributed by atoms with E-state index in [0.29, 0.717) is 12.8 Å². The fourth-order valence-corrected chi connectivity index (χ4v) is 1.46. The molecule has 0 atom stereocenters. The Kier molecular flexibility index (Phi) is 4.08. The number of carbonyl (C=O) groups is 1. The van der Waals surface area contributed by atoms with E-state index in [9.17, 15) is 18.0 Å². The van der Waals surface area contributed by atoms with Crippen molar-refractivity contribution < 1.29 is 23.1 Å². The summed E-state index contributed by atoms with van der Waals surface area (Å²) in [5.41, 5.74) is 0.343. The van der Waals surface area contributed by atoms with E-state index in [1.54, 1.807) is 6.92 Å². The summed E-state index contributed by atoms with van der Waals surface area (Å²) in [6.45, 7) is 0.546. The van der Waals surface area contributed by atoms with Gasteiger partial charge >= 0.3 is 12.1 Å². The molecular formula is C9H12F3N3O2. The summed E-state index contributed by atoms with van der Waals surface area (Å²) in [7, 11) is 0. The van der Waals surface area contributed by atoms with Crippen LogP contribution in [0.5, 0.6) is 0 Å². The molecule has 17 heavy (non-hydrogen) atoms. The van der Waals surface area contributed by atoms with Crippen molar-refractivity contribution in [3.8, 4) is 0 Å². The van der Waals surface area contributed by atoms with Gasteiger partial charge in [-0.1, -0.05) is 18.6 Å². The third kappa shape index (κ3) is 4.04. The summed E-state index contributed by atoms with van der Waals surface area (Å²) >= 11 is 0. The molecule has 0 aliphatic carbocycles. The Morgan fingerprint density at radius 2 is 2.12 bits per heavy atom. The Labute approximate surface area is 95.2 Å². The number of halogens is 3. The van der Waals surface area contributed by atoms with Gasteiger partial charge in [0.05, 0.1) is 17.8 Å². The molecule has 0 saturated carbocycles. The van der Waals surface area contributed by atoms with Crippen LogP contribution in [0.15, 0.2) is 0 Å². The van der Waals surface area contributed by atoms with Crippen LogP contribution in [0.1, 0.15) is 24.7 Å². The van der Waals surface area contributed by atoms with Crippen molar-refractivity contribution in [1.29, 1.82) is 0 Å². The topological polar surface area (TPSA) is 68.0 Å². The summed E-state index contributed by atoms with van der Waals surface area (Å²) in [5, 5.41) is 15.4. The van der Waals surface area contributed by atoms with Gasteiger partial charge in [-0.15, -0.1) is 5.10 Å². The minimum atomic E-state index is -4.39. The molecule has 0 amide bonds. The molecule has 96 valence electrons. The van der Waals surface area contributed by atoms with Gasteiger partial charge in [0.25, 0.3) is 0 Å². The Morgan fingerprint density at radius 1 is 1.47 bits per heavy atom. The van der Waals surface area contributed by atoms with Crippen LogP contribution in [-0.4, -0.2) is 32.2 Å². The molecule has 0 saturated heterocycles. The van der Waals surface area contributed by atoms with Gasteiger partial charge in [-0.25, -0.2) is 4.68 Å². The molecular weight excluding hydrogens is 239 g/mol. The van der Waals surface area contributed by atoms with Crippen LogP contribution >= 0.6 is 0 Å². The number of carboxylic acid groups (broad SMARTS) is 1. The first-order valence-corrected chi connectivity index (χ1v) is 5.03. The van der Waals surface area contributed by atoms with Crippen molar-refractivity contribution in [2.75, 3.05) is 0 Å². The number of carboxylic acids is 1. The van der Waals surface area contributed by atoms with E-state index < -0.39 is 25.1 Å². The summed E-state index contributed by atoms with van der Waals surface area (Å²) in [5.74, 6) is -1.14. The fourth-order valence-electron chi connectivity index (χ4n) is 1.46. The molecule has 0 spiro atoms. The van der Waals surface area contributed by atoms with Crippen molar-refractivity contribution in [3.05, 3.63) is 11.4 Å². The third-order valence-electron chi connectivity index (χ3n) is 2.05. The molecule has 0 bridgehead atoms. The maximum Gasteiger partial charge on any atom is 0.408 e. The first kappa shape index (κ1) is 13.5. The second kappa shape index (κ2) is 5.15. The van der Waals surface area contributed by atoms with Crippen LogP contribution in [0.4, 0.5) is 13.2 Å². The van der Waals surface area contributed by atoms with Crippen LogP contribution < -0.4 is 0 Å². The Balaban J connectivity index is 2.97. The van der Waals surface area contributed by atoms with Crippen molar-refractivity contribution >= 4 is 5.97 Å². The van der Waals surface area contributed by atoms with Gasteiger partial charge in [-0.05, 0) is 6.42 Å². The molecule has 0 aliphatic heterocycles. The predicted octanol–water partition coefficient (Wildman–Crippen LogP) is 1.42. The zero-order valence-electron chi connectivity index (χ0n) is 9.16. The number of aliphatic carboxylic acids is 1. The van der Waals surface area contributed by atoms with Gasteiger partial charge in [-0.2, -0.15) is 13.2 Å². The smallest absolute Gasteiger partial charge is 0.408 e. The summed E-state index contributed by atoms with van der Waals surface area (Å²) in [4.78, 5) is 10.5. The van der Waals surface area contributed by atoms with Crippen molar-refractivity contribution in [1.82, 2.24) is 15.0 Å². The highest BCUT2D eigenvalue weighted by molar-refractivity contribution is 5.69. The number of alkyl halides is 3. The first-order chi connectivity index (χ1) is 7.83. The molecule has 0 fully saturated rings. The van der Waals surface area contributed by atoms with Crippen molar-refractivity contribution in [2.45, 2.75) is 38.9 Å². The number of aromatic nitrogens is 3. The molecule has 1 aromatic rings. The Hall–Kier alpha value is -1.60. The molecule has 0 aromatic carbocycles. The lowest BCUT2D eigenvalue weighted by Crippen LogP contribution is -2.20. The van der Waals surface area contributed by atoms with E-state index >= 15 is 0 Å². The maximum absolute atomic E-state index is 12.2. The summed E-state index contributed by atoms with van der Waals surface area (Å²) in [6.07, 6.45) is -3.88. The maximum atomic E-state index is 12.2. The second-order valence-corrected chi connectivity index (χ2v) is 3.58. The lowest BCUT2D eigenvalue weighted by Gasteiger charge is -2.09. The van der Waals surface area contributed by atoms with Gasteiger partial charge in [0.1, 0.15) is 6.54 Å². The van der Waals surface area contributed by atoms with Crippen LogP contribution in [-0.2, 0) is 24.2 Å². The number of hydrogen-bond donors (Lipinski definition) is 1. The SMILES string of the molecule is CCCc1c(CC(=O)O)nnn1CC(F)(F)F. The molecule has 0 aliphatic rings. The Bertz CT molecular complexity index is 401. The van der Waals surface area contributed by atoms with Crippen LogP contribution in [0.2, 0.25) is 0 Å². The second-order valence-electron chi connectivity index (χ2n) is 3.58. The highest BCUT2D eigenvalue weighted by Gasteiger charge is 2.30. The van der Waals surface area contributed by atoms with E-state index in [2.05, 4.69) is 10.3 Å². The van der Waals surface area contributed by atoms with Gasteiger partial charge < -0.3 is 5.11 Å². The van der Waals surface area contributed by atoms with E-state index in [1.807, 2.05) is 0 Å². The average molecular weight is 251 g/mol. The highest BCUT2D eigenvalue weighted by Crippen LogP contribution is 2.19. The Morgan fingerprint density at radius 3 is 2.59 bits per heavy atom. The first-order valence-electron chi connectivity index (χ1n) is 5.03. The number of nitrogens with zero attached hydrogens (tertiary/aromatic N) is 3. The van der Waals surface area contributed by atoms with Crippen LogP contribution in [0, 0.1) is 0 Å². The van der Waals surface area contributed by atoms with Gasteiger partial charge in [-0.3, -0.25) is 4.79 Å². The van der Waals surface area contributed by atoms with E-state index in [-0.39, 0.29) is 11.4 Å².